The summed E-state index contributed by atoms with van der Waals surface area (Å²) in [6.45, 7) is 1.33. The highest BCUT2D eigenvalue weighted by molar-refractivity contribution is 6.46. The highest BCUT2D eigenvalue weighted by Crippen LogP contribution is 2.63. The van der Waals surface area contributed by atoms with Crippen LogP contribution in [-0.4, -0.2) is 41.1 Å². The summed E-state index contributed by atoms with van der Waals surface area (Å²) < 4.78 is 5.58. The van der Waals surface area contributed by atoms with Crippen molar-refractivity contribution in [2.75, 3.05) is 19.7 Å². The van der Waals surface area contributed by atoms with Crippen LogP contribution < -0.4 is 0 Å². The quantitative estimate of drug-likeness (QED) is 0.380. The van der Waals surface area contributed by atoms with E-state index in [9.17, 15) is 4.79 Å². The van der Waals surface area contributed by atoms with Gasteiger partial charge in [-0.3, -0.25) is 4.79 Å². The molecule has 0 N–H and O–H groups in total. The van der Waals surface area contributed by atoms with Crippen molar-refractivity contribution in [3.63, 3.8) is 0 Å². The van der Waals surface area contributed by atoms with E-state index in [4.69, 9.17) is 27.9 Å². The van der Waals surface area contributed by atoms with Gasteiger partial charge in [-0.05, 0) is 0 Å². The molecule has 0 bridgehead atoms. The molecular weight excluding hydrogens is 267 g/mol. The van der Waals surface area contributed by atoms with E-state index in [1.807, 2.05) is 0 Å². The Balaban J connectivity index is 1.92. The van der Waals surface area contributed by atoms with Crippen molar-refractivity contribution < 1.29 is 9.53 Å². The standard InChI is InChI=1S/C9H8Cl2N4O2/c10-8-4(1-12-14-8)7(3-17-7)5-2-13-15-9(5,11)6(8)16/h4-5H,1-3H2/t4-,5+,7?,8-,9-/m1/s1. The predicted molar refractivity (Wildman–Crippen MR) is 57.3 cm³/mol. The fourth-order valence-electron chi connectivity index (χ4n) is 3.17. The van der Waals surface area contributed by atoms with Crippen LogP contribution in [0.3, 0.4) is 0 Å². The third-order valence-corrected chi connectivity index (χ3v) is 5.20. The molecule has 1 spiro atoms. The molecule has 17 heavy (non-hydrogen) atoms. The first-order valence-electron chi connectivity index (χ1n) is 5.38. The third-order valence-electron chi connectivity index (χ3n) is 4.18. The fraction of sp³-hybridized carbons (Fsp3) is 0.889. The van der Waals surface area contributed by atoms with Crippen LogP contribution >= 0.6 is 23.2 Å². The SMILES string of the molecule is O=C1[C@]2(Cl)N=NC[C@@H]2C2(CO2)[C@@H]2CN=N[C@@]12Cl. The minimum atomic E-state index is -1.42. The molecule has 4 aliphatic rings. The van der Waals surface area contributed by atoms with Gasteiger partial charge in [-0.15, -0.1) is 0 Å². The number of carbonyl (C=O) groups excluding carboxylic acids is 1. The van der Waals surface area contributed by atoms with E-state index in [0.717, 1.165) is 0 Å². The Kier molecular flexibility index (Phi) is 1.64. The number of alkyl halides is 2. The molecule has 1 aliphatic carbocycles. The summed E-state index contributed by atoms with van der Waals surface area (Å²) in [5.74, 6) is -0.902. The molecule has 5 atom stereocenters. The molecule has 90 valence electrons. The van der Waals surface area contributed by atoms with Gasteiger partial charge in [0.1, 0.15) is 5.60 Å². The Morgan fingerprint density at radius 2 is 1.59 bits per heavy atom. The van der Waals surface area contributed by atoms with E-state index in [0.29, 0.717) is 19.7 Å². The molecular formula is C9H8Cl2N4O2. The topological polar surface area (TPSA) is 79.0 Å². The lowest BCUT2D eigenvalue weighted by Gasteiger charge is -2.43. The third kappa shape index (κ3) is 0.936. The number of fused-ring (bicyclic) bond motifs is 4. The first-order valence-corrected chi connectivity index (χ1v) is 6.14. The second-order valence-electron chi connectivity index (χ2n) is 4.87. The molecule has 3 heterocycles. The molecule has 0 amide bonds. The Labute approximate surface area is 106 Å². The van der Waals surface area contributed by atoms with Crippen LogP contribution in [0.1, 0.15) is 0 Å². The molecule has 1 unspecified atom stereocenters. The van der Waals surface area contributed by atoms with Gasteiger partial charge in [0.05, 0.1) is 31.5 Å². The maximum Gasteiger partial charge on any atom is 0.223 e. The molecule has 6 nitrogen and oxygen atoms in total. The maximum absolute atomic E-state index is 12.4. The lowest BCUT2D eigenvalue weighted by Crippen LogP contribution is -2.64. The highest BCUT2D eigenvalue weighted by atomic mass is 35.5. The van der Waals surface area contributed by atoms with Gasteiger partial charge in [0.15, 0.2) is 0 Å². The Morgan fingerprint density at radius 1 is 1.12 bits per heavy atom. The molecule has 8 heteroatoms. The Morgan fingerprint density at radius 3 is 2.00 bits per heavy atom. The zero-order valence-corrected chi connectivity index (χ0v) is 10.1. The minimum absolute atomic E-state index is 0.246. The normalized spacial score (nSPS) is 58.6. The Bertz CT molecular complexity index is 453. The van der Waals surface area contributed by atoms with E-state index < -0.39 is 21.4 Å². The van der Waals surface area contributed by atoms with Crippen LogP contribution in [0.2, 0.25) is 0 Å². The number of hydrogen-bond acceptors (Lipinski definition) is 6. The van der Waals surface area contributed by atoms with Crippen LogP contribution in [-0.2, 0) is 9.53 Å². The van der Waals surface area contributed by atoms with E-state index in [1.54, 1.807) is 0 Å². The molecule has 4 rings (SSSR count). The number of hydrogen-bond donors (Lipinski definition) is 0. The number of azo groups is 2. The first kappa shape index (κ1) is 10.3. The highest BCUT2D eigenvalue weighted by Gasteiger charge is 2.79. The van der Waals surface area contributed by atoms with Crippen LogP contribution in [0.5, 0.6) is 0 Å². The van der Waals surface area contributed by atoms with Gasteiger partial charge in [0.2, 0.25) is 15.8 Å². The Hall–Kier alpha value is -0.590. The van der Waals surface area contributed by atoms with Crippen LogP contribution in [0.4, 0.5) is 0 Å². The van der Waals surface area contributed by atoms with E-state index in [-0.39, 0.29) is 11.8 Å². The molecule has 2 fully saturated rings. The van der Waals surface area contributed by atoms with Gasteiger partial charge in [-0.1, -0.05) is 23.2 Å². The summed E-state index contributed by atoms with van der Waals surface area (Å²) in [5, 5.41) is 15.6. The van der Waals surface area contributed by atoms with Gasteiger partial charge >= 0.3 is 0 Å². The summed E-state index contributed by atoms with van der Waals surface area (Å²) in [6.07, 6.45) is 0. The largest absolute Gasteiger partial charge is 0.369 e. The van der Waals surface area contributed by atoms with Gasteiger partial charge in [-0.2, -0.15) is 20.5 Å². The number of carbonyl (C=O) groups is 1. The van der Waals surface area contributed by atoms with Crippen molar-refractivity contribution >= 4 is 29.0 Å². The predicted octanol–water partition coefficient (Wildman–Crippen LogP) is 1.37. The number of halogens is 2. The summed E-state index contributed by atoms with van der Waals surface area (Å²) in [7, 11) is 0. The van der Waals surface area contributed by atoms with Gasteiger partial charge in [0, 0.05) is 0 Å². The van der Waals surface area contributed by atoms with E-state index in [2.05, 4.69) is 20.5 Å². The summed E-state index contributed by atoms with van der Waals surface area (Å²) >= 11 is 12.7. The molecule has 3 aliphatic heterocycles. The number of rotatable bonds is 0. The zero-order chi connectivity index (χ0) is 11.9. The van der Waals surface area contributed by atoms with E-state index in [1.165, 1.54) is 0 Å². The second-order valence-corrected chi connectivity index (χ2v) is 6.03. The summed E-state index contributed by atoms with van der Waals surface area (Å²) in [5.41, 5.74) is -0.523. The van der Waals surface area contributed by atoms with Crippen molar-refractivity contribution in [2.45, 2.75) is 15.6 Å². The lowest BCUT2D eigenvalue weighted by atomic mass is 9.66. The molecule has 0 radical (unpaired) electrons. The molecule has 0 aromatic rings. The summed E-state index contributed by atoms with van der Waals surface area (Å²) in [4.78, 5) is 9.58. The number of ether oxygens (including phenoxy) is 1. The molecule has 0 aromatic heterocycles. The lowest BCUT2D eigenvalue weighted by molar-refractivity contribution is -0.131. The summed E-state index contributed by atoms with van der Waals surface area (Å²) in [6, 6.07) is 0. The smallest absolute Gasteiger partial charge is 0.223 e. The number of nitrogens with zero attached hydrogens (tertiary/aromatic N) is 4. The van der Waals surface area contributed by atoms with Crippen molar-refractivity contribution in [2.24, 2.45) is 32.3 Å². The maximum atomic E-state index is 12.4. The number of ketones is 1. The minimum Gasteiger partial charge on any atom is -0.369 e. The van der Waals surface area contributed by atoms with Crippen LogP contribution in [0.15, 0.2) is 20.5 Å². The fourth-order valence-corrected chi connectivity index (χ4v) is 4.12. The molecule has 1 saturated heterocycles. The molecule has 1 saturated carbocycles. The number of epoxide rings is 1. The van der Waals surface area contributed by atoms with Gasteiger partial charge in [0.25, 0.3) is 0 Å². The van der Waals surface area contributed by atoms with Crippen molar-refractivity contribution in [3.05, 3.63) is 0 Å². The van der Waals surface area contributed by atoms with Crippen molar-refractivity contribution in [3.8, 4) is 0 Å². The monoisotopic (exact) mass is 274 g/mol. The van der Waals surface area contributed by atoms with Crippen LogP contribution in [0.25, 0.3) is 0 Å². The molecule has 0 aromatic carbocycles. The second kappa shape index (κ2) is 2.70. The van der Waals surface area contributed by atoms with Crippen molar-refractivity contribution in [1.82, 2.24) is 0 Å². The van der Waals surface area contributed by atoms with Gasteiger partial charge < -0.3 is 4.74 Å². The first-order chi connectivity index (χ1) is 8.04. The van der Waals surface area contributed by atoms with Crippen molar-refractivity contribution in [1.29, 1.82) is 0 Å². The van der Waals surface area contributed by atoms with E-state index >= 15 is 0 Å². The zero-order valence-electron chi connectivity index (χ0n) is 8.64. The number of Topliss-reactive ketones (excluding diaryl/α,β-unsaturated/α-hetero) is 1. The average molecular weight is 275 g/mol. The van der Waals surface area contributed by atoms with Gasteiger partial charge in [-0.25, -0.2) is 0 Å². The average Bonchev–Trinajstić information content (AvgIpc) is 2.81. The van der Waals surface area contributed by atoms with Crippen LogP contribution in [0, 0.1) is 11.8 Å².